The number of hydrogen-bond donors (Lipinski definition) is 3. The van der Waals surface area contributed by atoms with Gasteiger partial charge in [-0.25, -0.2) is 4.79 Å². The van der Waals surface area contributed by atoms with E-state index in [0.717, 1.165) is 47.6 Å². The highest BCUT2D eigenvalue weighted by Gasteiger charge is 2.29. The van der Waals surface area contributed by atoms with Crippen LogP contribution in [0.4, 0.5) is 10.1 Å². The fourth-order valence-corrected chi connectivity index (χ4v) is 4.65. The van der Waals surface area contributed by atoms with Crippen LogP contribution in [0.3, 0.4) is 0 Å². The van der Waals surface area contributed by atoms with Crippen LogP contribution < -0.4 is 5.73 Å². The van der Waals surface area contributed by atoms with Crippen molar-refractivity contribution in [2.75, 3.05) is 5.73 Å². The van der Waals surface area contributed by atoms with Crippen LogP contribution in [0.1, 0.15) is 52.6 Å². The second kappa shape index (κ2) is 10.6. The lowest BCUT2D eigenvalue weighted by atomic mass is 9.73. The first kappa shape index (κ1) is 24.9. The largest absolute Gasteiger partial charge is 0.478 e. The summed E-state index contributed by atoms with van der Waals surface area (Å²) in [6, 6.07) is 19.6. The molecule has 7 heteroatoms. The van der Waals surface area contributed by atoms with Crippen LogP contribution in [0.5, 0.6) is 0 Å². The highest BCUT2D eigenvalue weighted by Crippen LogP contribution is 2.47. The molecule has 0 amide bonds. The SMILES string of the molecule is N#Cc1ccc(/C(=C(\c2ccc(/C=C/C(=O)O)cc2)c2ccc(N)c(C(=N)F)c2)C2CCC2)c(Cl)c1. The highest BCUT2D eigenvalue weighted by atomic mass is 35.5. The van der Waals surface area contributed by atoms with E-state index in [4.69, 9.17) is 27.9 Å². The van der Waals surface area contributed by atoms with Gasteiger partial charge in [0.2, 0.25) is 5.97 Å². The van der Waals surface area contributed by atoms with Gasteiger partial charge in [0.05, 0.1) is 17.2 Å². The van der Waals surface area contributed by atoms with Gasteiger partial charge in [-0.3, -0.25) is 5.41 Å². The van der Waals surface area contributed by atoms with Gasteiger partial charge in [-0.1, -0.05) is 54.4 Å². The van der Waals surface area contributed by atoms with E-state index in [1.165, 1.54) is 6.08 Å². The van der Waals surface area contributed by atoms with Gasteiger partial charge in [0.15, 0.2) is 0 Å². The second-order valence-electron chi connectivity index (χ2n) is 8.63. The molecule has 3 aromatic carbocycles. The van der Waals surface area contributed by atoms with Gasteiger partial charge in [0.25, 0.3) is 0 Å². The lowest BCUT2D eigenvalue weighted by molar-refractivity contribution is -0.131. The lowest BCUT2D eigenvalue weighted by Crippen LogP contribution is -2.15. The van der Waals surface area contributed by atoms with Crippen molar-refractivity contribution in [3.8, 4) is 6.07 Å². The second-order valence-corrected chi connectivity index (χ2v) is 9.04. The van der Waals surface area contributed by atoms with Crippen LogP contribution in [0, 0.1) is 22.7 Å². The number of nitrogens with zero attached hydrogens (tertiary/aromatic N) is 1. The Hall–Kier alpha value is -4.21. The minimum atomic E-state index is -1.12. The van der Waals surface area contributed by atoms with Crippen molar-refractivity contribution in [3.05, 3.63) is 105 Å². The maximum absolute atomic E-state index is 14.0. The highest BCUT2D eigenvalue weighted by molar-refractivity contribution is 6.33. The standard InChI is InChI=1S/C29H23ClFN3O2/c30-24-14-18(16-32)6-11-22(24)28(19-2-1-3-19)27(21-10-12-25(33)23(15-21)29(31)34)20-8-4-17(5-9-20)7-13-26(35)36/h4-15,19,34H,1-3,33H2,(H,35,36)/b13-7+,28-27+,34-29?. The van der Waals surface area contributed by atoms with E-state index in [0.29, 0.717) is 21.7 Å². The van der Waals surface area contributed by atoms with E-state index >= 15 is 0 Å². The van der Waals surface area contributed by atoms with Gasteiger partial charge in [0.1, 0.15) is 0 Å². The first-order chi connectivity index (χ1) is 17.3. The Morgan fingerprint density at radius 1 is 1.08 bits per heavy atom. The van der Waals surface area contributed by atoms with E-state index in [9.17, 15) is 14.4 Å². The minimum absolute atomic E-state index is 0.00453. The molecule has 0 heterocycles. The third-order valence-electron chi connectivity index (χ3n) is 6.37. The third kappa shape index (κ3) is 5.22. The van der Waals surface area contributed by atoms with Crippen molar-refractivity contribution < 1.29 is 14.3 Å². The minimum Gasteiger partial charge on any atom is -0.478 e. The molecule has 0 saturated heterocycles. The number of carboxylic acid groups (broad SMARTS) is 1. The number of benzene rings is 3. The number of nitriles is 1. The average Bonchev–Trinajstić information content (AvgIpc) is 2.82. The first-order valence-electron chi connectivity index (χ1n) is 11.4. The molecule has 0 radical (unpaired) electrons. The summed E-state index contributed by atoms with van der Waals surface area (Å²) < 4.78 is 14.0. The number of carboxylic acids is 1. The maximum Gasteiger partial charge on any atom is 0.328 e. The number of allylic oxidation sites excluding steroid dienone is 1. The molecule has 3 aromatic rings. The summed E-state index contributed by atoms with van der Waals surface area (Å²) in [6.07, 6.45) is 5.55. The van der Waals surface area contributed by atoms with Crippen molar-refractivity contribution in [3.63, 3.8) is 0 Å². The number of nitrogen functional groups attached to an aromatic ring is 1. The molecular weight excluding hydrogens is 477 g/mol. The molecule has 0 aliphatic heterocycles. The first-order valence-corrected chi connectivity index (χ1v) is 11.8. The van der Waals surface area contributed by atoms with Crippen molar-refractivity contribution in [1.82, 2.24) is 0 Å². The van der Waals surface area contributed by atoms with Gasteiger partial charge >= 0.3 is 5.97 Å². The molecule has 1 saturated carbocycles. The molecule has 5 nitrogen and oxygen atoms in total. The van der Waals surface area contributed by atoms with Gasteiger partial charge in [0, 0.05) is 16.8 Å². The van der Waals surface area contributed by atoms with E-state index in [1.54, 1.807) is 30.3 Å². The fraction of sp³-hybridized carbons (Fsp3) is 0.138. The van der Waals surface area contributed by atoms with Crippen LogP contribution in [0.2, 0.25) is 5.02 Å². The summed E-state index contributed by atoms with van der Waals surface area (Å²) in [4.78, 5) is 10.9. The monoisotopic (exact) mass is 499 g/mol. The Balaban J connectivity index is 2.00. The Bertz CT molecular complexity index is 1450. The van der Waals surface area contributed by atoms with Crippen LogP contribution in [0.25, 0.3) is 17.2 Å². The van der Waals surface area contributed by atoms with Crippen LogP contribution >= 0.6 is 11.6 Å². The molecule has 0 aromatic heterocycles. The lowest BCUT2D eigenvalue weighted by Gasteiger charge is -2.32. The molecule has 0 bridgehead atoms. The summed E-state index contributed by atoms with van der Waals surface area (Å²) >= 11 is 6.69. The zero-order valence-electron chi connectivity index (χ0n) is 19.3. The molecule has 0 unspecified atom stereocenters. The molecule has 180 valence electrons. The molecule has 4 rings (SSSR count). The fourth-order valence-electron chi connectivity index (χ4n) is 4.37. The summed E-state index contributed by atoms with van der Waals surface area (Å²) in [5, 5.41) is 26.2. The van der Waals surface area contributed by atoms with Gasteiger partial charge in [-0.15, -0.1) is 0 Å². The number of anilines is 1. The van der Waals surface area contributed by atoms with E-state index in [1.807, 2.05) is 30.3 Å². The third-order valence-corrected chi connectivity index (χ3v) is 6.68. The molecule has 0 spiro atoms. The van der Waals surface area contributed by atoms with E-state index in [-0.39, 0.29) is 17.2 Å². The molecule has 4 N–H and O–H groups in total. The predicted molar refractivity (Wildman–Crippen MR) is 141 cm³/mol. The van der Waals surface area contributed by atoms with E-state index in [2.05, 4.69) is 6.07 Å². The number of halogens is 2. The van der Waals surface area contributed by atoms with Gasteiger partial charge in [-0.05, 0) is 82.5 Å². The van der Waals surface area contributed by atoms with Gasteiger partial charge in [-0.2, -0.15) is 9.65 Å². The Labute approximate surface area is 213 Å². The number of aliphatic carboxylic acids is 1. The quantitative estimate of drug-likeness (QED) is 0.141. The van der Waals surface area contributed by atoms with Crippen molar-refractivity contribution in [2.24, 2.45) is 5.92 Å². The zero-order valence-corrected chi connectivity index (χ0v) is 20.0. The maximum atomic E-state index is 14.0. The average molecular weight is 500 g/mol. The number of nitrogens with one attached hydrogen (secondary N) is 1. The number of rotatable bonds is 7. The van der Waals surface area contributed by atoms with Crippen molar-refractivity contribution >= 4 is 46.4 Å². The normalized spacial score (nSPS) is 14.1. The molecule has 36 heavy (non-hydrogen) atoms. The summed E-state index contributed by atoms with van der Waals surface area (Å²) in [5.41, 5.74) is 11.4. The van der Waals surface area contributed by atoms with E-state index < -0.39 is 11.9 Å². The van der Waals surface area contributed by atoms with Crippen LogP contribution in [-0.4, -0.2) is 17.0 Å². The molecular formula is C29H23ClFN3O2. The smallest absolute Gasteiger partial charge is 0.328 e. The summed E-state index contributed by atoms with van der Waals surface area (Å²) in [5.74, 6) is -1.96. The Morgan fingerprint density at radius 3 is 2.33 bits per heavy atom. The number of nitrogens with two attached hydrogens (primary N) is 1. The Morgan fingerprint density at radius 2 is 1.78 bits per heavy atom. The molecule has 1 aliphatic rings. The van der Waals surface area contributed by atoms with Crippen molar-refractivity contribution in [2.45, 2.75) is 19.3 Å². The van der Waals surface area contributed by atoms with Crippen molar-refractivity contribution in [1.29, 1.82) is 10.7 Å². The molecule has 1 aliphatic carbocycles. The van der Waals surface area contributed by atoms with Crippen LogP contribution in [0.15, 0.2) is 66.7 Å². The van der Waals surface area contributed by atoms with Crippen LogP contribution in [-0.2, 0) is 4.79 Å². The zero-order chi connectivity index (χ0) is 25.8. The number of hydrogen-bond acceptors (Lipinski definition) is 4. The molecule has 1 fully saturated rings. The summed E-state index contributed by atoms with van der Waals surface area (Å²) in [7, 11) is 0. The van der Waals surface area contributed by atoms with Gasteiger partial charge < -0.3 is 10.8 Å². The topological polar surface area (TPSA) is 111 Å². The number of carbonyl (C=O) groups is 1. The molecule has 0 atom stereocenters. The summed E-state index contributed by atoms with van der Waals surface area (Å²) in [6.45, 7) is 0. The predicted octanol–water partition coefficient (Wildman–Crippen LogP) is 6.95. The Kier molecular flexibility index (Phi) is 7.33.